The van der Waals surface area contributed by atoms with Crippen molar-refractivity contribution >= 4 is 28.3 Å². The first-order valence-electron chi connectivity index (χ1n) is 5.81. The van der Waals surface area contributed by atoms with Crippen LogP contribution in [0.2, 0.25) is 0 Å². The van der Waals surface area contributed by atoms with Gasteiger partial charge in [-0.1, -0.05) is 0 Å². The average Bonchev–Trinajstić information content (AvgIpc) is 2.38. The van der Waals surface area contributed by atoms with Crippen LogP contribution in [0.1, 0.15) is 23.7 Å². The van der Waals surface area contributed by atoms with Crippen molar-refractivity contribution in [3.63, 3.8) is 0 Å². The van der Waals surface area contributed by atoms with Gasteiger partial charge in [0.1, 0.15) is 5.75 Å². The summed E-state index contributed by atoms with van der Waals surface area (Å²) in [6.07, 6.45) is 2.44. The van der Waals surface area contributed by atoms with E-state index >= 15 is 0 Å². The number of alkyl halides is 1. The minimum absolute atomic E-state index is 0.0281. The van der Waals surface area contributed by atoms with E-state index in [2.05, 4.69) is 4.98 Å². The van der Waals surface area contributed by atoms with Crippen molar-refractivity contribution in [3.05, 3.63) is 36.0 Å². The van der Waals surface area contributed by atoms with E-state index < -0.39 is 0 Å². The molecule has 0 saturated carbocycles. The predicted molar refractivity (Wildman–Crippen MR) is 72.6 cm³/mol. The number of pyridine rings is 1. The van der Waals surface area contributed by atoms with Crippen molar-refractivity contribution in [2.75, 3.05) is 12.5 Å². The van der Waals surface area contributed by atoms with Crippen LogP contribution in [-0.2, 0) is 0 Å². The molecule has 0 amide bonds. The van der Waals surface area contributed by atoms with Gasteiger partial charge in [0.15, 0.2) is 5.78 Å². The Morgan fingerprint density at radius 3 is 2.94 bits per heavy atom. The number of carbonyl (C=O) groups excluding carboxylic acids is 1. The van der Waals surface area contributed by atoms with E-state index in [-0.39, 0.29) is 5.78 Å². The summed E-state index contributed by atoms with van der Waals surface area (Å²) in [5.41, 5.74) is 1.47. The minimum atomic E-state index is 0.0281. The highest BCUT2D eigenvalue weighted by Gasteiger charge is 2.07. The second-order valence-electron chi connectivity index (χ2n) is 3.98. The van der Waals surface area contributed by atoms with Gasteiger partial charge in [0.2, 0.25) is 0 Å². The van der Waals surface area contributed by atoms with Gasteiger partial charge in [0.05, 0.1) is 12.1 Å². The van der Waals surface area contributed by atoms with E-state index in [1.54, 1.807) is 19.2 Å². The van der Waals surface area contributed by atoms with Crippen LogP contribution in [0.5, 0.6) is 5.75 Å². The first-order valence-corrected chi connectivity index (χ1v) is 6.34. The normalized spacial score (nSPS) is 10.6. The summed E-state index contributed by atoms with van der Waals surface area (Å²) in [5, 5.41) is 0.827. The Kier molecular flexibility index (Phi) is 4.15. The molecule has 94 valence electrons. The van der Waals surface area contributed by atoms with E-state index in [1.807, 2.05) is 18.2 Å². The lowest BCUT2D eigenvalue weighted by atomic mass is 10.1. The molecule has 2 rings (SSSR count). The molecule has 2 aromatic rings. The predicted octanol–water partition coefficient (Wildman–Crippen LogP) is 3.45. The maximum Gasteiger partial charge on any atom is 0.160 e. The van der Waals surface area contributed by atoms with Gasteiger partial charge in [-0.15, -0.1) is 11.6 Å². The van der Waals surface area contributed by atoms with Crippen molar-refractivity contribution in [1.29, 1.82) is 0 Å². The number of rotatable bonds is 5. The van der Waals surface area contributed by atoms with Crippen molar-refractivity contribution < 1.29 is 9.53 Å². The van der Waals surface area contributed by atoms with Crippen LogP contribution in [0.15, 0.2) is 30.5 Å². The highest BCUT2D eigenvalue weighted by atomic mass is 35.5. The Labute approximate surface area is 111 Å². The molecule has 0 atom stereocenters. The topological polar surface area (TPSA) is 39.2 Å². The van der Waals surface area contributed by atoms with E-state index in [9.17, 15) is 4.79 Å². The number of hydrogen-bond donors (Lipinski definition) is 0. The first-order chi connectivity index (χ1) is 8.72. The molecule has 1 aromatic heterocycles. The Hall–Kier alpha value is -1.61. The van der Waals surface area contributed by atoms with Crippen LogP contribution in [-0.4, -0.2) is 23.3 Å². The van der Waals surface area contributed by atoms with Crippen molar-refractivity contribution in [3.8, 4) is 5.75 Å². The summed E-state index contributed by atoms with van der Waals surface area (Å²) in [6, 6.07) is 7.30. The molecule has 0 aliphatic rings. The maximum atomic E-state index is 11.5. The minimum Gasteiger partial charge on any atom is -0.494 e. The third-order valence-electron chi connectivity index (χ3n) is 2.64. The fraction of sp³-hybridized carbons (Fsp3) is 0.286. The van der Waals surface area contributed by atoms with Crippen molar-refractivity contribution in [2.24, 2.45) is 0 Å². The van der Waals surface area contributed by atoms with Crippen LogP contribution >= 0.6 is 11.6 Å². The van der Waals surface area contributed by atoms with Crippen LogP contribution in [0, 0.1) is 0 Å². The molecule has 0 fully saturated rings. The van der Waals surface area contributed by atoms with Gasteiger partial charge < -0.3 is 4.74 Å². The molecule has 0 saturated heterocycles. The standard InChI is InChI=1S/C14H14ClNO2/c1-10(17)12-5-7-16-14-4-3-11(9-13(12)14)18-8-2-6-15/h3-5,7,9H,2,6,8H2,1H3. The van der Waals surface area contributed by atoms with Gasteiger partial charge in [-0.25, -0.2) is 0 Å². The van der Waals surface area contributed by atoms with Gasteiger partial charge in [0.25, 0.3) is 0 Å². The lowest BCUT2D eigenvalue weighted by Gasteiger charge is -2.07. The Morgan fingerprint density at radius 1 is 1.39 bits per heavy atom. The first kappa shape index (κ1) is 12.8. The van der Waals surface area contributed by atoms with Gasteiger partial charge >= 0.3 is 0 Å². The number of halogens is 1. The van der Waals surface area contributed by atoms with E-state index in [0.29, 0.717) is 18.1 Å². The smallest absolute Gasteiger partial charge is 0.160 e. The van der Waals surface area contributed by atoms with Gasteiger partial charge in [-0.2, -0.15) is 0 Å². The number of carbonyl (C=O) groups is 1. The van der Waals surface area contributed by atoms with Crippen LogP contribution in [0.25, 0.3) is 10.9 Å². The Morgan fingerprint density at radius 2 is 2.22 bits per heavy atom. The molecule has 0 N–H and O–H groups in total. The number of ether oxygens (including phenoxy) is 1. The zero-order valence-electron chi connectivity index (χ0n) is 10.1. The second kappa shape index (κ2) is 5.83. The van der Waals surface area contributed by atoms with Crippen LogP contribution in [0.3, 0.4) is 0 Å². The number of fused-ring (bicyclic) bond motifs is 1. The van der Waals surface area contributed by atoms with Gasteiger partial charge in [-0.05, 0) is 37.6 Å². The monoisotopic (exact) mass is 263 g/mol. The lowest BCUT2D eigenvalue weighted by Crippen LogP contribution is -1.99. The van der Waals surface area contributed by atoms with Crippen LogP contribution in [0.4, 0.5) is 0 Å². The zero-order chi connectivity index (χ0) is 13.0. The molecule has 0 aliphatic carbocycles. The van der Waals surface area contributed by atoms with Crippen molar-refractivity contribution in [2.45, 2.75) is 13.3 Å². The molecule has 18 heavy (non-hydrogen) atoms. The molecular formula is C14H14ClNO2. The molecule has 0 spiro atoms. The van der Waals surface area contributed by atoms with E-state index in [1.165, 1.54) is 0 Å². The summed E-state index contributed by atoms with van der Waals surface area (Å²) >= 11 is 5.59. The second-order valence-corrected chi connectivity index (χ2v) is 4.36. The molecular weight excluding hydrogens is 250 g/mol. The fourth-order valence-corrected chi connectivity index (χ4v) is 1.88. The Balaban J connectivity index is 2.36. The zero-order valence-corrected chi connectivity index (χ0v) is 10.9. The Bertz CT molecular complexity index is 569. The van der Waals surface area contributed by atoms with Gasteiger partial charge in [-0.3, -0.25) is 9.78 Å². The van der Waals surface area contributed by atoms with E-state index in [4.69, 9.17) is 16.3 Å². The molecule has 4 heteroatoms. The van der Waals surface area contributed by atoms with Gasteiger partial charge in [0, 0.05) is 23.0 Å². The summed E-state index contributed by atoms with van der Waals surface area (Å²) in [7, 11) is 0. The number of hydrogen-bond acceptors (Lipinski definition) is 3. The summed E-state index contributed by atoms with van der Waals surface area (Å²) in [6.45, 7) is 2.13. The molecule has 3 nitrogen and oxygen atoms in total. The third-order valence-corrected chi connectivity index (χ3v) is 2.91. The highest BCUT2D eigenvalue weighted by molar-refractivity contribution is 6.17. The number of Topliss-reactive ketones (excluding diaryl/α,β-unsaturated/α-hetero) is 1. The molecule has 0 bridgehead atoms. The maximum absolute atomic E-state index is 11.5. The highest BCUT2D eigenvalue weighted by Crippen LogP contribution is 2.23. The SMILES string of the molecule is CC(=O)c1ccnc2ccc(OCCCCl)cc12. The number of nitrogens with zero attached hydrogens (tertiary/aromatic N) is 1. The van der Waals surface area contributed by atoms with Crippen molar-refractivity contribution in [1.82, 2.24) is 4.98 Å². The number of benzene rings is 1. The lowest BCUT2D eigenvalue weighted by molar-refractivity contribution is 0.101. The average molecular weight is 264 g/mol. The van der Waals surface area contributed by atoms with Crippen LogP contribution < -0.4 is 4.74 Å². The summed E-state index contributed by atoms with van der Waals surface area (Å²) in [5.74, 6) is 1.34. The fourth-order valence-electron chi connectivity index (χ4n) is 1.77. The summed E-state index contributed by atoms with van der Waals surface area (Å²) < 4.78 is 5.57. The molecule has 0 aliphatic heterocycles. The summed E-state index contributed by atoms with van der Waals surface area (Å²) in [4.78, 5) is 15.8. The molecule has 1 heterocycles. The molecule has 0 radical (unpaired) electrons. The number of ketones is 1. The number of aromatic nitrogens is 1. The third kappa shape index (κ3) is 2.79. The molecule has 0 unspecified atom stereocenters. The quantitative estimate of drug-likeness (QED) is 0.471. The largest absolute Gasteiger partial charge is 0.494 e. The molecule has 1 aromatic carbocycles. The van der Waals surface area contributed by atoms with E-state index in [0.717, 1.165) is 23.1 Å².